The first-order valence-electron chi connectivity index (χ1n) is 7.24. The predicted octanol–water partition coefficient (Wildman–Crippen LogP) is 1.89. The van der Waals surface area contributed by atoms with Crippen molar-refractivity contribution in [1.82, 2.24) is 14.8 Å². The Labute approximate surface area is 121 Å². The van der Waals surface area contributed by atoms with E-state index in [9.17, 15) is 4.79 Å². The van der Waals surface area contributed by atoms with Crippen LogP contribution in [-0.2, 0) is 4.79 Å². The zero-order chi connectivity index (χ0) is 14.4. The second-order valence-corrected chi connectivity index (χ2v) is 5.64. The summed E-state index contributed by atoms with van der Waals surface area (Å²) < 4.78 is 0. The highest BCUT2D eigenvalue weighted by atomic mass is 16.2. The fraction of sp³-hybridized carbons (Fsp3) is 0.500. The summed E-state index contributed by atoms with van der Waals surface area (Å²) in [6.45, 7) is 9.18. The molecule has 2 heterocycles. The smallest absolute Gasteiger partial charge is 0.246 e. The molecule has 4 heteroatoms. The van der Waals surface area contributed by atoms with Gasteiger partial charge >= 0.3 is 0 Å². The molecule has 0 unspecified atom stereocenters. The molecule has 1 amide bonds. The number of aromatic nitrogens is 1. The highest BCUT2D eigenvalue weighted by Gasteiger charge is 2.19. The van der Waals surface area contributed by atoms with Crippen molar-refractivity contribution in [3.8, 4) is 0 Å². The van der Waals surface area contributed by atoms with Gasteiger partial charge in [-0.25, -0.2) is 0 Å². The summed E-state index contributed by atoms with van der Waals surface area (Å²) in [7, 11) is 0. The molecule has 1 aromatic heterocycles. The van der Waals surface area contributed by atoms with Crippen molar-refractivity contribution >= 4 is 12.0 Å². The van der Waals surface area contributed by atoms with Gasteiger partial charge in [-0.1, -0.05) is 19.9 Å². The maximum absolute atomic E-state index is 12.1. The minimum Gasteiger partial charge on any atom is -0.337 e. The zero-order valence-corrected chi connectivity index (χ0v) is 12.3. The normalized spacial score (nSPS) is 17.1. The highest BCUT2D eigenvalue weighted by Crippen LogP contribution is 2.07. The molecule has 20 heavy (non-hydrogen) atoms. The Morgan fingerprint density at radius 2 is 2.10 bits per heavy atom. The van der Waals surface area contributed by atoms with E-state index in [4.69, 9.17) is 0 Å². The minimum atomic E-state index is 0.0954. The monoisotopic (exact) mass is 273 g/mol. The van der Waals surface area contributed by atoms with Crippen molar-refractivity contribution in [2.75, 3.05) is 32.7 Å². The Hall–Kier alpha value is -1.68. The van der Waals surface area contributed by atoms with Gasteiger partial charge in [-0.15, -0.1) is 0 Å². The zero-order valence-electron chi connectivity index (χ0n) is 12.3. The van der Waals surface area contributed by atoms with E-state index in [1.165, 1.54) is 0 Å². The van der Waals surface area contributed by atoms with Gasteiger partial charge in [-0.2, -0.15) is 0 Å². The van der Waals surface area contributed by atoms with Gasteiger partial charge in [0.25, 0.3) is 0 Å². The van der Waals surface area contributed by atoms with Crippen LogP contribution in [0.3, 0.4) is 0 Å². The molecule has 0 aliphatic carbocycles. The van der Waals surface area contributed by atoms with Crippen LogP contribution >= 0.6 is 0 Å². The van der Waals surface area contributed by atoms with Gasteiger partial charge in [0.15, 0.2) is 0 Å². The van der Waals surface area contributed by atoms with Crippen LogP contribution in [0.15, 0.2) is 30.6 Å². The maximum atomic E-state index is 12.1. The lowest BCUT2D eigenvalue weighted by Crippen LogP contribution is -2.49. The van der Waals surface area contributed by atoms with Crippen LogP contribution in [0, 0.1) is 5.92 Å². The molecule has 1 aromatic rings. The standard InChI is InChI=1S/C16H23N3O/c1-14(2)13-18-8-10-19(11-9-18)16(20)6-5-15-4-3-7-17-12-15/h3-7,12,14H,8-11,13H2,1-2H3/b6-5+. The van der Waals surface area contributed by atoms with Crippen LogP contribution < -0.4 is 0 Å². The molecular formula is C16H23N3O. The molecule has 0 atom stereocenters. The first kappa shape index (κ1) is 14.7. The van der Waals surface area contributed by atoms with Crippen LogP contribution in [0.5, 0.6) is 0 Å². The van der Waals surface area contributed by atoms with Crippen LogP contribution in [0.25, 0.3) is 6.08 Å². The molecule has 0 saturated carbocycles. The van der Waals surface area contributed by atoms with Crippen molar-refractivity contribution in [3.05, 3.63) is 36.2 Å². The topological polar surface area (TPSA) is 36.4 Å². The molecule has 108 valence electrons. The summed E-state index contributed by atoms with van der Waals surface area (Å²) in [4.78, 5) is 20.5. The molecule has 0 aromatic carbocycles. The number of hydrogen-bond donors (Lipinski definition) is 0. The van der Waals surface area contributed by atoms with E-state index in [0.717, 1.165) is 38.3 Å². The van der Waals surface area contributed by atoms with Crippen molar-refractivity contribution in [2.45, 2.75) is 13.8 Å². The molecule has 1 saturated heterocycles. The summed E-state index contributed by atoms with van der Waals surface area (Å²) in [6.07, 6.45) is 6.96. The van der Waals surface area contributed by atoms with E-state index >= 15 is 0 Å². The molecule has 0 N–H and O–H groups in total. The van der Waals surface area contributed by atoms with Crippen LogP contribution in [0.1, 0.15) is 19.4 Å². The Bertz CT molecular complexity index is 448. The first-order valence-corrected chi connectivity index (χ1v) is 7.24. The fourth-order valence-electron chi connectivity index (χ4n) is 2.41. The van der Waals surface area contributed by atoms with Crippen molar-refractivity contribution in [3.63, 3.8) is 0 Å². The highest BCUT2D eigenvalue weighted by molar-refractivity contribution is 5.91. The quantitative estimate of drug-likeness (QED) is 0.786. The summed E-state index contributed by atoms with van der Waals surface area (Å²) >= 11 is 0. The first-order chi connectivity index (χ1) is 9.65. The van der Waals surface area contributed by atoms with Crippen LogP contribution in [0.4, 0.5) is 0 Å². The maximum Gasteiger partial charge on any atom is 0.246 e. The third-order valence-electron chi connectivity index (χ3n) is 3.41. The number of hydrogen-bond acceptors (Lipinski definition) is 3. The van der Waals surface area contributed by atoms with E-state index in [0.29, 0.717) is 5.92 Å². The SMILES string of the molecule is CC(C)CN1CCN(C(=O)/C=C/c2cccnc2)CC1. The van der Waals surface area contributed by atoms with Gasteiger partial charge in [0.1, 0.15) is 0 Å². The number of carbonyl (C=O) groups excluding carboxylic acids is 1. The Morgan fingerprint density at radius 1 is 1.35 bits per heavy atom. The molecular weight excluding hydrogens is 250 g/mol. The second-order valence-electron chi connectivity index (χ2n) is 5.64. The van der Waals surface area contributed by atoms with Crippen LogP contribution in [0.2, 0.25) is 0 Å². The second kappa shape index (κ2) is 7.20. The van der Waals surface area contributed by atoms with E-state index < -0.39 is 0 Å². The van der Waals surface area contributed by atoms with Crippen molar-refractivity contribution in [1.29, 1.82) is 0 Å². The fourth-order valence-corrected chi connectivity index (χ4v) is 2.41. The average Bonchev–Trinajstić information content (AvgIpc) is 2.46. The number of carbonyl (C=O) groups is 1. The minimum absolute atomic E-state index is 0.0954. The number of rotatable bonds is 4. The van der Waals surface area contributed by atoms with E-state index in [1.807, 2.05) is 23.1 Å². The van der Waals surface area contributed by atoms with Crippen molar-refractivity contribution < 1.29 is 4.79 Å². The third-order valence-corrected chi connectivity index (χ3v) is 3.41. The molecule has 1 aliphatic heterocycles. The average molecular weight is 273 g/mol. The Morgan fingerprint density at radius 3 is 2.70 bits per heavy atom. The van der Waals surface area contributed by atoms with Gasteiger partial charge in [0.05, 0.1) is 0 Å². The van der Waals surface area contributed by atoms with Gasteiger partial charge < -0.3 is 4.90 Å². The molecule has 0 bridgehead atoms. The molecule has 0 spiro atoms. The van der Waals surface area contributed by atoms with E-state index in [2.05, 4.69) is 23.7 Å². The predicted molar refractivity (Wildman–Crippen MR) is 81.1 cm³/mol. The third kappa shape index (κ3) is 4.46. The summed E-state index contributed by atoms with van der Waals surface area (Å²) in [5.41, 5.74) is 0.958. The molecule has 2 rings (SSSR count). The van der Waals surface area contributed by atoms with Gasteiger partial charge in [0, 0.05) is 51.2 Å². The van der Waals surface area contributed by atoms with Gasteiger partial charge in [-0.05, 0) is 23.6 Å². The molecule has 0 radical (unpaired) electrons. The number of pyridine rings is 1. The van der Waals surface area contributed by atoms with Crippen molar-refractivity contribution in [2.24, 2.45) is 5.92 Å². The molecule has 1 aliphatic rings. The van der Waals surface area contributed by atoms with Gasteiger partial charge in [-0.3, -0.25) is 14.7 Å². The number of piperazine rings is 1. The molecule has 4 nitrogen and oxygen atoms in total. The lowest BCUT2D eigenvalue weighted by molar-refractivity contribution is -0.127. The summed E-state index contributed by atoms with van der Waals surface area (Å²) in [6, 6.07) is 3.81. The van der Waals surface area contributed by atoms with Crippen LogP contribution in [-0.4, -0.2) is 53.4 Å². The van der Waals surface area contributed by atoms with Gasteiger partial charge in [0.2, 0.25) is 5.91 Å². The largest absolute Gasteiger partial charge is 0.337 e. The number of nitrogens with zero attached hydrogens (tertiary/aromatic N) is 3. The lowest BCUT2D eigenvalue weighted by Gasteiger charge is -2.35. The van der Waals surface area contributed by atoms with E-state index in [-0.39, 0.29) is 5.91 Å². The number of amides is 1. The molecule has 1 fully saturated rings. The summed E-state index contributed by atoms with van der Waals surface area (Å²) in [5, 5.41) is 0. The Balaban J connectivity index is 1.82. The lowest BCUT2D eigenvalue weighted by atomic mass is 10.2. The Kier molecular flexibility index (Phi) is 5.30. The van der Waals surface area contributed by atoms with E-state index in [1.54, 1.807) is 18.5 Å². The summed E-state index contributed by atoms with van der Waals surface area (Å²) in [5.74, 6) is 0.778.